The molecule has 0 unspecified atom stereocenters. The molecule has 25 heavy (non-hydrogen) atoms. The first-order valence-electron chi connectivity index (χ1n) is 8.14. The second-order valence-electron chi connectivity index (χ2n) is 5.60. The van der Waals surface area contributed by atoms with E-state index in [2.05, 4.69) is 5.32 Å². The lowest BCUT2D eigenvalue weighted by molar-refractivity contribution is -0.393. The van der Waals surface area contributed by atoms with Gasteiger partial charge in [-0.2, -0.15) is 0 Å². The number of nitro groups is 2. The van der Waals surface area contributed by atoms with E-state index < -0.39 is 21.5 Å². The van der Waals surface area contributed by atoms with Crippen LogP contribution in [0.4, 0.5) is 17.1 Å². The predicted octanol–water partition coefficient (Wildman–Crippen LogP) is 3.87. The summed E-state index contributed by atoms with van der Waals surface area (Å²) in [6.45, 7) is 6.61. The van der Waals surface area contributed by atoms with E-state index in [0.29, 0.717) is 18.4 Å². The molecule has 9 nitrogen and oxygen atoms in total. The van der Waals surface area contributed by atoms with Crippen molar-refractivity contribution >= 4 is 23.0 Å². The van der Waals surface area contributed by atoms with Crippen LogP contribution >= 0.6 is 0 Å². The fraction of sp³-hybridized carbons (Fsp3) is 0.562. The van der Waals surface area contributed by atoms with Crippen molar-refractivity contribution in [3.8, 4) is 0 Å². The molecule has 0 atom stereocenters. The maximum Gasteiger partial charge on any atom is 0.306 e. The molecule has 1 N–H and O–H groups in total. The molecule has 0 aliphatic rings. The van der Waals surface area contributed by atoms with Crippen LogP contribution in [-0.2, 0) is 16.1 Å². The summed E-state index contributed by atoms with van der Waals surface area (Å²) < 4.78 is 5.02. The number of anilines is 1. The third kappa shape index (κ3) is 4.88. The summed E-state index contributed by atoms with van der Waals surface area (Å²) in [5.41, 5.74) is -0.427. The number of esters is 1. The Morgan fingerprint density at radius 3 is 2.24 bits per heavy atom. The lowest BCUT2D eigenvalue weighted by atomic mass is 10.0. The SMILES string of the molecule is CCC(=O)OCc1c(C)cc([N+](=O)[O-])c(NC(CC)CC)c1[N+](=O)[O-]. The van der Waals surface area contributed by atoms with E-state index in [4.69, 9.17) is 4.74 Å². The van der Waals surface area contributed by atoms with E-state index in [1.54, 1.807) is 6.92 Å². The zero-order valence-electron chi connectivity index (χ0n) is 14.8. The number of carbonyl (C=O) groups is 1. The third-order valence-corrected chi connectivity index (χ3v) is 3.99. The van der Waals surface area contributed by atoms with Crippen LogP contribution in [-0.4, -0.2) is 21.9 Å². The normalized spacial score (nSPS) is 10.6. The summed E-state index contributed by atoms with van der Waals surface area (Å²) >= 11 is 0. The topological polar surface area (TPSA) is 125 Å². The molecule has 0 aromatic heterocycles. The highest BCUT2D eigenvalue weighted by Crippen LogP contribution is 2.40. The van der Waals surface area contributed by atoms with Gasteiger partial charge in [0.15, 0.2) is 5.69 Å². The summed E-state index contributed by atoms with van der Waals surface area (Å²) in [7, 11) is 0. The number of rotatable bonds is 9. The number of hydrogen-bond donors (Lipinski definition) is 1. The zero-order chi connectivity index (χ0) is 19.1. The summed E-state index contributed by atoms with van der Waals surface area (Å²) in [5, 5.41) is 26.0. The zero-order valence-corrected chi connectivity index (χ0v) is 14.8. The summed E-state index contributed by atoms with van der Waals surface area (Å²) in [4.78, 5) is 33.1. The lowest BCUT2D eigenvalue weighted by Gasteiger charge is -2.18. The molecule has 0 fully saturated rings. The highest BCUT2D eigenvalue weighted by Gasteiger charge is 2.32. The number of nitrogens with one attached hydrogen (secondary N) is 1. The number of benzene rings is 1. The Balaban J connectivity index is 3.54. The van der Waals surface area contributed by atoms with Gasteiger partial charge in [0.1, 0.15) is 6.61 Å². The molecule has 0 amide bonds. The highest BCUT2D eigenvalue weighted by molar-refractivity contribution is 5.78. The fourth-order valence-electron chi connectivity index (χ4n) is 2.44. The van der Waals surface area contributed by atoms with Gasteiger partial charge >= 0.3 is 11.7 Å². The average Bonchev–Trinajstić information content (AvgIpc) is 2.57. The first-order chi connectivity index (χ1) is 11.8. The molecule has 0 radical (unpaired) electrons. The molecule has 1 aromatic carbocycles. The first-order valence-corrected chi connectivity index (χ1v) is 8.14. The molecule has 0 saturated carbocycles. The number of aryl methyl sites for hydroxylation is 1. The van der Waals surface area contributed by atoms with Crippen molar-refractivity contribution in [1.82, 2.24) is 0 Å². The Bertz CT molecular complexity index is 670. The first kappa shape index (κ1) is 20.3. The predicted molar refractivity (Wildman–Crippen MR) is 92.6 cm³/mol. The molecular weight excluding hydrogens is 330 g/mol. The van der Waals surface area contributed by atoms with E-state index in [1.165, 1.54) is 13.0 Å². The van der Waals surface area contributed by atoms with Crippen LogP contribution in [0.25, 0.3) is 0 Å². The van der Waals surface area contributed by atoms with Gasteiger partial charge in [-0.1, -0.05) is 20.8 Å². The van der Waals surface area contributed by atoms with E-state index in [9.17, 15) is 25.0 Å². The van der Waals surface area contributed by atoms with Crippen molar-refractivity contribution in [2.24, 2.45) is 0 Å². The van der Waals surface area contributed by atoms with Gasteiger partial charge in [0.05, 0.1) is 15.4 Å². The summed E-state index contributed by atoms with van der Waals surface area (Å²) in [6, 6.07) is 1.12. The fourth-order valence-corrected chi connectivity index (χ4v) is 2.44. The summed E-state index contributed by atoms with van der Waals surface area (Å²) in [5.74, 6) is -0.499. The number of ether oxygens (including phenoxy) is 1. The van der Waals surface area contributed by atoms with Crippen LogP contribution in [0, 0.1) is 27.2 Å². The van der Waals surface area contributed by atoms with Gasteiger partial charge in [-0.05, 0) is 25.3 Å². The maximum absolute atomic E-state index is 11.6. The molecule has 0 bridgehead atoms. The van der Waals surface area contributed by atoms with E-state index in [-0.39, 0.29) is 36.0 Å². The van der Waals surface area contributed by atoms with Crippen molar-refractivity contribution < 1.29 is 19.4 Å². The number of nitrogens with zero attached hydrogens (tertiary/aromatic N) is 2. The molecule has 1 aromatic rings. The van der Waals surface area contributed by atoms with Crippen LogP contribution < -0.4 is 5.32 Å². The molecule has 0 heterocycles. The molecule has 0 spiro atoms. The molecule has 9 heteroatoms. The molecule has 138 valence electrons. The number of hydrogen-bond acceptors (Lipinski definition) is 7. The molecule has 0 aliphatic heterocycles. The van der Waals surface area contributed by atoms with Crippen molar-refractivity contribution in [3.63, 3.8) is 0 Å². The van der Waals surface area contributed by atoms with Gasteiger partial charge < -0.3 is 10.1 Å². The van der Waals surface area contributed by atoms with Crippen molar-refractivity contribution in [1.29, 1.82) is 0 Å². The smallest absolute Gasteiger partial charge is 0.306 e. The number of carbonyl (C=O) groups excluding carboxylic acids is 1. The minimum Gasteiger partial charge on any atom is -0.461 e. The Labute approximate surface area is 145 Å². The standard InChI is InChI=1S/C16H23N3O6/c1-5-11(6-2)17-15-13(18(21)22)8-10(4)12(16(15)19(23)24)9-25-14(20)7-3/h8,11,17H,5-7,9H2,1-4H3. The van der Waals surface area contributed by atoms with Gasteiger partial charge in [-0.3, -0.25) is 25.0 Å². The largest absolute Gasteiger partial charge is 0.461 e. The molecule has 1 rings (SSSR count). The third-order valence-electron chi connectivity index (χ3n) is 3.99. The highest BCUT2D eigenvalue weighted by atomic mass is 16.6. The van der Waals surface area contributed by atoms with E-state index in [0.717, 1.165) is 0 Å². The van der Waals surface area contributed by atoms with Gasteiger partial charge in [0.25, 0.3) is 5.69 Å². The molecule has 0 aliphatic carbocycles. The van der Waals surface area contributed by atoms with Gasteiger partial charge in [0.2, 0.25) is 0 Å². The van der Waals surface area contributed by atoms with E-state index >= 15 is 0 Å². The van der Waals surface area contributed by atoms with Gasteiger partial charge in [-0.15, -0.1) is 0 Å². The maximum atomic E-state index is 11.6. The summed E-state index contributed by atoms with van der Waals surface area (Å²) in [6.07, 6.45) is 1.44. The van der Waals surface area contributed by atoms with E-state index in [1.807, 2.05) is 13.8 Å². The van der Waals surface area contributed by atoms with Gasteiger partial charge in [0, 0.05) is 18.5 Å². The average molecular weight is 353 g/mol. The van der Waals surface area contributed by atoms with Crippen LogP contribution in [0.5, 0.6) is 0 Å². The molecule has 0 saturated heterocycles. The molecular formula is C16H23N3O6. The van der Waals surface area contributed by atoms with Crippen LogP contribution in [0.3, 0.4) is 0 Å². The number of nitro benzene ring substituents is 2. The quantitative estimate of drug-likeness (QED) is 0.406. The Hall–Kier alpha value is -2.71. The Morgan fingerprint density at radius 1 is 1.20 bits per heavy atom. The van der Waals surface area contributed by atoms with Gasteiger partial charge in [-0.25, -0.2) is 0 Å². The van der Waals surface area contributed by atoms with Crippen molar-refractivity contribution in [2.75, 3.05) is 5.32 Å². The van der Waals surface area contributed by atoms with Crippen LogP contribution in [0.1, 0.15) is 51.2 Å². The second kappa shape index (κ2) is 8.95. The van der Waals surface area contributed by atoms with Crippen molar-refractivity contribution in [2.45, 2.75) is 59.6 Å². The van der Waals surface area contributed by atoms with Crippen LogP contribution in [0.2, 0.25) is 0 Å². The lowest BCUT2D eigenvalue weighted by Crippen LogP contribution is -2.20. The Kier molecular flexibility index (Phi) is 7.28. The monoisotopic (exact) mass is 353 g/mol. The minimum absolute atomic E-state index is 0.138. The minimum atomic E-state index is -0.667. The second-order valence-corrected chi connectivity index (χ2v) is 5.60. The Morgan fingerprint density at radius 2 is 1.80 bits per heavy atom. The van der Waals surface area contributed by atoms with Crippen LogP contribution in [0.15, 0.2) is 6.07 Å². The van der Waals surface area contributed by atoms with Crippen molar-refractivity contribution in [3.05, 3.63) is 37.4 Å².